The van der Waals surface area contributed by atoms with Crippen LogP contribution in [0.15, 0.2) is 92.4 Å². The maximum atomic E-state index is 5.86. The van der Waals surface area contributed by atoms with E-state index in [0.717, 1.165) is 21.2 Å². The van der Waals surface area contributed by atoms with E-state index in [-0.39, 0.29) is 0 Å². The molecular weight excluding hydrogens is 308 g/mol. The Labute approximate surface area is 138 Å². The molecule has 3 aromatic carbocycles. The molecule has 0 aliphatic rings. The molecule has 0 amide bonds. The van der Waals surface area contributed by atoms with Gasteiger partial charge < -0.3 is 11.5 Å². The molecule has 0 unspecified atom stereocenters. The van der Waals surface area contributed by atoms with Gasteiger partial charge in [-0.25, -0.2) is 0 Å². The summed E-state index contributed by atoms with van der Waals surface area (Å²) in [5, 5.41) is 0. The highest BCUT2D eigenvalue weighted by Crippen LogP contribution is 2.39. The summed E-state index contributed by atoms with van der Waals surface area (Å²) in [5.41, 5.74) is 13.3. The van der Waals surface area contributed by atoms with Gasteiger partial charge in [0.25, 0.3) is 0 Å². The summed E-state index contributed by atoms with van der Waals surface area (Å²) in [4.78, 5) is 4.70. The normalized spacial score (nSPS) is 10.5. The van der Waals surface area contributed by atoms with E-state index in [1.165, 1.54) is 9.79 Å². The number of hydrogen-bond acceptors (Lipinski definition) is 4. The molecule has 0 heterocycles. The van der Waals surface area contributed by atoms with Crippen molar-refractivity contribution in [3.8, 4) is 0 Å². The fourth-order valence-electron chi connectivity index (χ4n) is 2.03. The summed E-state index contributed by atoms with van der Waals surface area (Å²) in [6.45, 7) is 0. The van der Waals surface area contributed by atoms with Crippen LogP contribution in [0.25, 0.3) is 0 Å². The molecule has 4 heteroatoms. The van der Waals surface area contributed by atoms with Crippen molar-refractivity contribution in [2.24, 2.45) is 0 Å². The molecule has 0 fully saturated rings. The van der Waals surface area contributed by atoms with E-state index < -0.39 is 0 Å². The zero-order chi connectivity index (χ0) is 15.4. The lowest BCUT2D eigenvalue weighted by Crippen LogP contribution is -1.85. The topological polar surface area (TPSA) is 52.0 Å². The number of benzene rings is 3. The van der Waals surface area contributed by atoms with Crippen molar-refractivity contribution in [3.05, 3.63) is 72.8 Å². The van der Waals surface area contributed by atoms with Crippen LogP contribution in [0.1, 0.15) is 0 Å². The van der Waals surface area contributed by atoms with Crippen LogP contribution in [0.5, 0.6) is 0 Å². The Kier molecular flexibility index (Phi) is 4.61. The molecule has 0 atom stereocenters. The summed E-state index contributed by atoms with van der Waals surface area (Å²) in [6.07, 6.45) is 0. The molecule has 0 aliphatic heterocycles. The van der Waals surface area contributed by atoms with E-state index in [1.54, 1.807) is 23.5 Å². The van der Waals surface area contributed by atoms with Crippen molar-refractivity contribution in [1.82, 2.24) is 0 Å². The minimum absolute atomic E-state index is 0.783. The van der Waals surface area contributed by atoms with Gasteiger partial charge in [-0.3, -0.25) is 0 Å². The van der Waals surface area contributed by atoms with Crippen LogP contribution < -0.4 is 11.5 Å². The predicted octanol–water partition coefficient (Wildman–Crippen LogP) is 5.15. The molecule has 22 heavy (non-hydrogen) atoms. The third-order valence-electron chi connectivity index (χ3n) is 3.02. The highest BCUT2D eigenvalue weighted by atomic mass is 32.2. The maximum absolute atomic E-state index is 5.86. The monoisotopic (exact) mass is 324 g/mol. The van der Waals surface area contributed by atoms with E-state index in [9.17, 15) is 0 Å². The lowest BCUT2D eigenvalue weighted by atomic mass is 10.3. The Bertz CT molecular complexity index is 721. The molecule has 0 spiro atoms. The van der Waals surface area contributed by atoms with Gasteiger partial charge in [0.15, 0.2) is 0 Å². The van der Waals surface area contributed by atoms with E-state index in [1.807, 2.05) is 36.4 Å². The van der Waals surface area contributed by atoms with E-state index >= 15 is 0 Å². The molecule has 0 bridgehead atoms. The number of anilines is 2. The molecule has 2 nitrogen and oxygen atoms in total. The lowest BCUT2D eigenvalue weighted by Gasteiger charge is -2.09. The van der Waals surface area contributed by atoms with Crippen molar-refractivity contribution < 1.29 is 0 Å². The van der Waals surface area contributed by atoms with E-state index in [4.69, 9.17) is 11.5 Å². The molecule has 4 N–H and O–H groups in total. The Balaban J connectivity index is 1.86. The van der Waals surface area contributed by atoms with Crippen LogP contribution in [0.4, 0.5) is 11.4 Å². The Morgan fingerprint density at radius 2 is 1.00 bits per heavy atom. The van der Waals surface area contributed by atoms with Crippen molar-refractivity contribution in [2.75, 3.05) is 11.5 Å². The Hall–Kier alpha value is -2.04. The van der Waals surface area contributed by atoms with Gasteiger partial charge in [0.05, 0.1) is 0 Å². The second kappa shape index (κ2) is 6.81. The quantitative estimate of drug-likeness (QED) is 0.651. The van der Waals surface area contributed by atoms with E-state index in [2.05, 4.69) is 36.4 Å². The number of hydrogen-bond donors (Lipinski definition) is 2. The van der Waals surface area contributed by atoms with Crippen molar-refractivity contribution >= 4 is 34.9 Å². The third-order valence-corrected chi connectivity index (χ3v) is 5.28. The van der Waals surface area contributed by atoms with Gasteiger partial charge in [-0.05, 0) is 48.5 Å². The first kappa shape index (κ1) is 14.9. The number of nitrogen functional groups attached to an aromatic ring is 2. The van der Waals surface area contributed by atoms with Crippen molar-refractivity contribution in [1.29, 1.82) is 0 Å². The number of rotatable bonds is 4. The van der Waals surface area contributed by atoms with Crippen LogP contribution in [0, 0.1) is 0 Å². The van der Waals surface area contributed by atoms with Crippen LogP contribution in [0.3, 0.4) is 0 Å². The smallest absolute Gasteiger partial charge is 0.0325 e. The van der Waals surface area contributed by atoms with Gasteiger partial charge >= 0.3 is 0 Å². The standard InChI is InChI=1S/C18H16N2S2/c19-13-5-3-7-15(11-13)21-17-9-1-2-10-18(17)22-16-8-4-6-14(20)12-16/h1-12H,19-20H2. The average molecular weight is 324 g/mol. The van der Waals surface area contributed by atoms with Crippen LogP contribution in [-0.2, 0) is 0 Å². The predicted molar refractivity (Wildman–Crippen MR) is 96.4 cm³/mol. The highest BCUT2D eigenvalue weighted by molar-refractivity contribution is 8.02. The molecule has 0 saturated carbocycles. The minimum Gasteiger partial charge on any atom is -0.399 e. The second-order valence-corrected chi connectivity index (χ2v) is 7.03. The average Bonchev–Trinajstić information content (AvgIpc) is 2.49. The van der Waals surface area contributed by atoms with E-state index in [0.29, 0.717) is 0 Å². The maximum Gasteiger partial charge on any atom is 0.0325 e. The zero-order valence-electron chi connectivity index (χ0n) is 11.9. The van der Waals surface area contributed by atoms with Gasteiger partial charge in [-0.15, -0.1) is 0 Å². The first-order chi connectivity index (χ1) is 10.7. The van der Waals surface area contributed by atoms with Crippen molar-refractivity contribution in [3.63, 3.8) is 0 Å². The van der Waals surface area contributed by atoms with Gasteiger partial charge in [-0.2, -0.15) is 0 Å². The molecule has 110 valence electrons. The minimum atomic E-state index is 0.783. The summed E-state index contributed by atoms with van der Waals surface area (Å²) < 4.78 is 0. The molecule has 0 radical (unpaired) electrons. The fraction of sp³-hybridized carbons (Fsp3) is 0. The first-order valence-corrected chi connectivity index (χ1v) is 8.50. The lowest BCUT2D eigenvalue weighted by molar-refractivity contribution is 1.23. The second-order valence-electron chi connectivity index (χ2n) is 4.80. The molecule has 0 saturated heterocycles. The van der Waals surface area contributed by atoms with Crippen LogP contribution in [-0.4, -0.2) is 0 Å². The third kappa shape index (κ3) is 3.78. The van der Waals surface area contributed by atoms with Gasteiger partial charge in [0, 0.05) is 31.0 Å². The van der Waals surface area contributed by atoms with Gasteiger partial charge in [-0.1, -0.05) is 47.8 Å². The summed E-state index contributed by atoms with van der Waals surface area (Å²) in [6, 6.07) is 24.2. The Morgan fingerprint density at radius 1 is 0.545 bits per heavy atom. The van der Waals surface area contributed by atoms with Crippen LogP contribution >= 0.6 is 23.5 Å². The number of nitrogens with two attached hydrogens (primary N) is 2. The van der Waals surface area contributed by atoms with Gasteiger partial charge in [0.2, 0.25) is 0 Å². The first-order valence-electron chi connectivity index (χ1n) is 6.86. The molecule has 0 aliphatic carbocycles. The summed E-state index contributed by atoms with van der Waals surface area (Å²) in [5.74, 6) is 0. The molecular formula is C18H16N2S2. The fourth-order valence-corrected chi connectivity index (χ4v) is 4.10. The highest BCUT2D eigenvalue weighted by Gasteiger charge is 2.06. The largest absolute Gasteiger partial charge is 0.399 e. The summed E-state index contributed by atoms with van der Waals surface area (Å²) >= 11 is 3.44. The molecule has 0 aromatic heterocycles. The SMILES string of the molecule is Nc1cccc(Sc2ccccc2Sc2cccc(N)c2)c1. The molecule has 3 aromatic rings. The summed E-state index contributed by atoms with van der Waals surface area (Å²) in [7, 11) is 0. The van der Waals surface area contributed by atoms with Gasteiger partial charge in [0.1, 0.15) is 0 Å². The molecule has 3 rings (SSSR count). The van der Waals surface area contributed by atoms with Crippen molar-refractivity contribution in [2.45, 2.75) is 19.6 Å². The zero-order valence-corrected chi connectivity index (χ0v) is 13.5. The Morgan fingerprint density at radius 3 is 1.41 bits per heavy atom. The van der Waals surface area contributed by atoms with Crippen LogP contribution in [0.2, 0.25) is 0 Å².